The van der Waals surface area contributed by atoms with Gasteiger partial charge in [-0.25, -0.2) is 0 Å². The molecule has 4 rings (SSSR count). The summed E-state index contributed by atoms with van der Waals surface area (Å²) in [6.07, 6.45) is 3.59. The first kappa shape index (κ1) is 22.2. The fourth-order valence-corrected chi connectivity index (χ4v) is 3.78. The van der Waals surface area contributed by atoms with E-state index in [-0.39, 0.29) is 11.7 Å². The van der Waals surface area contributed by atoms with Crippen LogP contribution in [0.2, 0.25) is 0 Å². The summed E-state index contributed by atoms with van der Waals surface area (Å²) < 4.78 is 16.6. The number of hydrogen-bond acceptors (Lipinski definition) is 5. The van der Waals surface area contributed by atoms with E-state index in [1.54, 1.807) is 43.5 Å². The molecule has 0 spiro atoms. The number of ether oxygens (including phenoxy) is 2. The second kappa shape index (κ2) is 9.24. The summed E-state index contributed by atoms with van der Waals surface area (Å²) >= 11 is 0. The number of carbonyl (C=O) groups is 2. The van der Waals surface area contributed by atoms with Crippen molar-refractivity contribution in [1.82, 2.24) is 10.6 Å². The lowest BCUT2D eigenvalue weighted by Gasteiger charge is -2.38. The number of carbonyl (C=O) groups excluding carboxylic acids is 2. The zero-order valence-electron chi connectivity index (χ0n) is 18.8. The summed E-state index contributed by atoms with van der Waals surface area (Å²) in [5.74, 6) is 0.973. The molecule has 1 unspecified atom stereocenters. The highest BCUT2D eigenvalue weighted by molar-refractivity contribution is 6.05. The number of benzene rings is 2. The van der Waals surface area contributed by atoms with Gasteiger partial charge in [-0.3, -0.25) is 9.59 Å². The van der Waals surface area contributed by atoms with Gasteiger partial charge in [-0.15, -0.1) is 0 Å². The Bertz CT molecular complexity index is 1160. The predicted octanol–water partition coefficient (Wildman–Crippen LogP) is 4.48. The van der Waals surface area contributed by atoms with Crippen LogP contribution in [0.3, 0.4) is 0 Å². The van der Waals surface area contributed by atoms with Crippen LogP contribution >= 0.6 is 0 Å². The van der Waals surface area contributed by atoms with Gasteiger partial charge in [0, 0.05) is 23.6 Å². The van der Waals surface area contributed by atoms with Crippen molar-refractivity contribution in [3.05, 3.63) is 89.5 Å². The van der Waals surface area contributed by atoms with Crippen molar-refractivity contribution in [2.24, 2.45) is 0 Å². The number of methoxy groups -OCH3 is 1. The smallest absolute Gasteiger partial charge is 0.268 e. The second-order valence-electron chi connectivity index (χ2n) is 8.39. The average molecular weight is 447 g/mol. The highest BCUT2D eigenvalue weighted by Gasteiger charge is 2.34. The van der Waals surface area contributed by atoms with Gasteiger partial charge in [-0.1, -0.05) is 18.2 Å². The van der Waals surface area contributed by atoms with Crippen molar-refractivity contribution in [3.63, 3.8) is 0 Å². The van der Waals surface area contributed by atoms with Gasteiger partial charge in [0.05, 0.1) is 19.4 Å². The van der Waals surface area contributed by atoms with E-state index in [1.807, 2.05) is 38.1 Å². The Balaban J connectivity index is 1.58. The molecule has 1 aliphatic rings. The van der Waals surface area contributed by atoms with E-state index in [2.05, 4.69) is 10.6 Å². The minimum absolute atomic E-state index is 0.0764. The third-order valence-corrected chi connectivity index (χ3v) is 5.36. The molecule has 7 heteroatoms. The molecule has 0 saturated heterocycles. The van der Waals surface area contributed by atoms with Crippen LogP contribution in [-0.4, -0.2) is 24.5 Å². The lowest BCUT2D eigenvalue weighted by molar-refractivity contribution is -0.119. The molecule has 0 aliphatic carbocycles. The third kappa shape index (κ3) is 5.26. The lowest BCUT2D eigenvalue weighted by atomic mass is 9.89. The number of furan rings is 1. The van der Waals surface area contributed by atoms with Crippen LogP contribution < -0.4 is 20.1 Å². The first-order chi connectivity index (χ1) is 15.8. The van der Waals surface area contributed by atoms with Gasteiger partial charge in [0.1, 0.15) is 28.6 Å². The van der Waals surface area contributed by atoms with E-state index >= 15 is 0 Å². The molecule has 0 bridgehead atoms. The maximum absolute atomic E-state index is 13.3. The Kier molecular flexibility index (Phi) is 6.22. The van der Waals surface area contributed by atoms with Gasteiger partial charge >= 0.3 is 0 Å². The molecule has 170 valence electrons. The van der Waals surface area contributed by atoms with Gasteiger partial charge in [-0.05, 0) is 56.3 Å². The van der Waals surface area contributed by atoms with Crippen LogP contribution in [0.5, 0.6) is 11.5 Å². The van der Waals surface area contributed by atoms with Crippen molar-refractivity contribution < 1.29 is 23.5 Å². The highest BCUT2D eigenvalue weighted by atomic mass is 16.5. The van der Waals surface area contributed by atoms with E-state index < -0.39 is 17.4 Å². The van der Waals surface area contributed by atoms with E-state index in [0.717, 1.165) is 11.3 Å². The van der Waals surface area contributed by atoms with Crippen molar-refractivity contribution in [2.45, 2.75) is 31.9 Å². The van der Waals surface area contributed by atoms with Gasteiger partial charge < -0.3 is 24.5 Å². The Morgan fingerprint density at radius 1 is 1.06 bits per heavy atom. The number of nitrogens with one attached hydrogen (secondary N) is 2. The molecule has 2 heterocycles. The molecule has 7 nitrogen and oxygen atoms in total. The third-order valence-electron chi connectivity index (χ3n) is 5.36. The Labute approximate surface area is 192 Å². The van der Waals surface area contributed by atoms with E-state index in [9.17, 15) is 9.59 Å². The van der Waals surface area contributed by atoms with Crippen molar-refractivity contribution in [2.75, 3.05) is 7.11 Å². The van der Waals surface area contributed by atoms with Gasteiger partial charge in [-0.2, -0.15) is 0 Å². The summed E-state index contributed by atoms with van der Waals surface area (Å²) in [6, 6.07) is 17.4. The Hall–Kier alpha value is -4.00. The Morgan fingerprint density at radius 3 is 2.52 bits per heavy atom. The fraction of sp³-hybridized carbons (Fsp3) is 0.231. The molecule has 0 fully saturated rings. The normalized spacial score (nSPS) is 16.8. The van der Waals surface area contributed by atoms with Crippen LogP contribution in [0.1, 0.15) is 48.0 Å². The van der Waals surface area contributed by atoms with E-state index in [0.29, 0.717) is 23.5 Å². The minimum Gasteiger partial charge on any atom is -0.497 e. The number of fused-ring (bicyclic) bond motifs is 1. The molecule has 2 N–H and O–H groups in total. The molecular weight excluding hydrogens is 420 g/mol. The standard InChI is InChI=1S/C26H26N2O5/c1-26(2)16-22(20-8-4-5-9-23(20)33-26)28-25(30)21(15-19-7-6-14-32-19)27-24(29)17-10-12-18(31-3)13-11-17/h4-15,22H,16H2,1-3H3,(H,27,29)(H,28,30)/b21-15-. The first-order valence-electron chi connectivity index (χ1n) is 10.6. The van der Waals surface area contributed by atoms with Crippen molar-refractivity contribution >= 4 is 17.9 Å². The summed E-state index contributed by atoms with van der Waals surface area (Å²) in [7, 11) is 1.55. The van der Waals surface area contributed by atoms with Crippen LogP contribution in [0.4, 0.5) is 0 Å². The molecule has 1 atom stereocenters. The number of rotatable bonds is 6. The van der Waals surface area contributed by atoms with Gasteiger partial charge in [0.2, 0.25) is 0 Å². The minimum atomic E-state index is -0.455. The molecule has 0 radical (unpaired) electrons. The molecule has 1 aliphatic heterocycles. The van der Waals surface area contributed by atoms with Gasteiger partial charge in [0.15, 0.2) is 0 Å². The molecular formula is C26H26N2O5. The van der Waals surface area contributed by atoms with Crippen LogP contribution in [0, 0.1) is 0 Å². The summed E-state index contributed by atoms with van der Waals surface area (Å²) in [5.41, 5.74) is 0.909. The molecule has 2 aromatic carbocycles. The van der Waals surface area contributed by atoms with E-state index in [1.165, 1.54) is 12.3 Å². The van der Waals surface area contributed by atoms with Crippen LogP contribution in [-0.2, 0) is 4.79 Å². The second-order valence-corrected chi connectivity index (χ2v) is 8.39. The first-order valence-corrected chi connectivity index (χ1v) is 10.6. The summed E-state index contributed by atoms with van der Waals surface area (Å²) in [4.78, 5) is 26.2. The maximum Gasteiger partial charge on any atom is 0.268 e. The number of para-hydroxylation sites is 1. The lowest BCUT2D eigenvalue weighted by Crippen LogP contribution is -2.43. The quantitative estimate of drug-likeness (QED) is 0.545. The highest BCUT2D eigenvalue weighted by Crippen LogP contribution is 2.39. The largest absolute Gasteiger partial charge is 0.497 e. The number of amides is 2. The van der Waals surface area contributed by atoms with Crippen LogP contribution in [0.15, 0.2) is 77.0 Å². The molecule has 0 saturated carbocycles. The summed E-state index contributed by atoms with van der Waals surface area (Å²) in [6.45, 7) is 3.96. The molecule has 33 heavy (non-hydrogen) atoms. The maximum atomic E-state index is 13.3. The zero-order chi connectivity index (χ0) is 23.4. The fourth-order valence-electron chi connectivity index (χ4n) is 3.78. The number of hydrogen-bond donors (Lipinski definition) is 2. The predicted molar refractivity (Wildman–Crippen MR) is 124 cm³/mol. The molecule has 1 aromatic heterocycles. The van der Waals surface area contributed by atoms with Crippen molar-refractivity contribution in [1.29, 1.82) is 0 Å². The summed E-state index contributed by atoms with van der Waals surface area (Å²) in [5, 5.41) is 5.78. The van der Waals surface area contributed by atoms with Crippen LogP contribution in [0.25, 0.3) is 6.08 Å². The monoisotopic (exact) mass is 446 g/mol. The zero-order valence-corrected chi connectivity index (χ0v) is 18.8. The SMILES string of the molecule is COc1ccc(C(=O)N/C(=C\c2ccco2)C(=O)NC2CC(C)(C)Oc3ccccc32)cc1. The average Bonchev–Trinajstić information content (AvgIpc) is 3.31. The molecule has 2 amide bonds. The van der Waals surface area contributed by atoms with Gasteiger partial charge in [0.25, 0.3) is 11.8 Å². The topological polar surface area (TPSA) is 89.8 Å². The molecule has 3 aromatic rings. The van der Waals surface area contributed by atoms with E-state index in [4.69, 9.17) is 13.9 Å². The van der Waals surface area contributed by atoms with Crippen molar-refractivity contribution in [3.8, 4) is 11.5 Å². The Morgan fingerprint density at radius 2 is 1.82 bits per heavy atom.